The predicted molar refractivity (Wildman–Crippen MR) is 116 cm³/mol. The van der Waals surface area contributed by atoms with Gasteiger partial charge in [0.15, 0.2) is 0 Å². The molecular formula is C17H25Cl2N5O2S. The van der Waals surface area contributed by atoms with Gasteiger partial charge in [-0.3, -0.25) is 9.59 Å². The van der Waals surface area contributed by atoms with Gasteiger partial charge < -0.3 is 21.3 Å². The lowest BCUT2D eigenvalue weighted by Crippen LogP contribution is -2.20. The van der Waals surface area contributed by atoms with Crippen LogP contribution < -0.4 is 16.4 Å². The van der Waals surface area contributed by atoms with Gasteiger partial charge in [-0.05, 0) is 44.9 Å². The molecule has 0 bridgehead atoms. The number of thiazole rings is 1. The van der Waals surface area contributed by atoms with Crippen LogP contribution in [-0.4, -0.2) is 48.9 Å². The van der Waals surface area contributed by atoms with Gasteiger partial charge in [-0.25, -0.2) is 4.98 Å². The molecule has 150 valence electrons. The molecule has 0 atom stereocenters. The van der Waals surface area contributed by atoms with Crippen molar-refractivity contribution >= 4 is 59.3 Å². The van der Waals surface area contributed by atoms with Crippen molar-refractivity contribution in [2.75, 3.05) is 37.8 Å². The van der Waals surface area contributed by atoms with Crippen LogP contribution in [0.3, 0.4) is 0 Å². The van der Waals surface area contributed by atoms with Crippen LogP contribution in [0, 0.1) is 0 Å². The van der Waals surface area contributed by atoms with Gasteiger partial charge in [0.2, 0.25) is 5.91 Å². The fourth-order valence-electron chi connectivity index (χ4n) is 2.03. The summed E-state index contributed by atoms with van der Waals surface area (Å²) in [5.74, 6) is -0.303. The minimum absolute atomic E-state index is 0. The first kappa shape index (κ1) is 25.3. The van der Waals surface area contributed by atoms with Crippen molar-refractivity contribution in [1.29, 1.82) is 0 Å². The first-order chi connectivity index (χ1) is 12.0. The summed E-state index contributed by atoms with van der Waals surface area (Å²) in [6, 6.07) is 6.99. The van der Waals surface area contributed by atoms with Crippen LogP contribution in [0.5, 0.6) is 0 Å². The van der Waals surface area contributed by atoms with E-state index in [1.807, 2.05) is 19.0 Å². The molecule has 4 N–H and O–H groups in total. The fraction of sp³-hybridized carbons (Fsp3) is 0.353. The van der Waals surface area contributed by atoms with Gasteiger partial charge in [0.1, 0.15) is 5.69 Å². The highest BCUT2D eigenvalue weighted by Crippen LogP contribution is 2.16. The molecule has 0 aliphatic heterocycles. The van der Waals surface area contributed by atoms with Gasteiger partial charge in [-0.15, -0.1) is 36.2 Å². The molecule has 0 aliphatic carbocycles. The largest absolute Gasteiger partial charge is 0.330 e. The Labute approximate surface area is 175 Å². The molecule has 0 spiro atoms. The lowest BCUT2D eigenvalue weighted by Gasteiger charge is -2.10. The molecule has 0 fully saturated rings. The van der Waals surface area contributed by atoms with Crippen LogP contribution in [0.2, 0.25) is 0 Å². The number of aromatic nitrogens is 1. The molecule has 0 radical (unpaired) electrons. The molecule has 2 aromatic rings. The standard InChI is InChI=1S/C17H23N5O2S.2ClH/c1-22(2)10-8-15(23)19-12-3-5-13(6-4-12)20-17(24)14-11-25-16(21-14)7-9-18;;/h3-6,11H,7-10,18H2,1-2H3,(H,19,23)(H,20,24);2*1H. The monoisotopic (exact) mass is 433 g/mol. The van der Waals surface area contributed by atoms with Gasteiger partial charge in [0, 0.05) is 36.1 Å². The highest BCUT2D eigenvalue weighted by Gasteiger charge is 2.11. The summed E-state index contributed by atoms with van der Waals surface area (Å²) >= 11 is 1.43. The zero-order valence-electron chi connectivity index (χ0n) is 15.2. The SMILES string of the molecule is CN(C)CCC(=O)Nc1ccc(NC(=O)c2csc(CCN)n2)cc1.Cl.Cl. The molecule has 1 aromatic carbocycles. The molecule has 0 saturated heterocycles. The smallest absolute Gasteiger partial charge is 0.275 e. The third kappa shape index (κ3) is 8.68. The number of nitrogens with one attached hydrogen (secondary N) is 2. The highest BCUT2D eigenvalue weighted by molar-refractivity contribution is 7.09. The van der Waals surface area contributed by atoms with Gasteiger partial charge in [-0.2, -0.15) is 0 Å². The van der Waals surface area contributed by atoms with Crippen molar-refractivity contribution in [1.82, 2.24) is 9.88 Å². The third-order valence-electron chi connectivity index (χ3n) is 3.36. The Morgan fingerprint density at radius 3 is 2.26 bits per heavy atom. The number of carbonyl (C=O) groups is 2. The van der Waals surface area contributed by atoms with E-state index in [2.05, 4.69) is 15.6 Å². The molecule has 7 nitrogen and oxygen atoms in total. The van der Waals surface area contributed by atoms with Crippen molar-refractivity contribution in [2.24, 2.45) is 5.73 Å². The van der Waals surface area contributed by atoms with E-state index in [9.17, 15) is 9.59 Å². The Morgan fingerprint density at radius 2 is 1.70 bits per heavy atom. The van der Waals surface area contributed by atoms with Crippen molar-refractivity contribution < 1.29 is 9.59 Å². The summed E-state index contributed by atoms with van der Waals surface area (Å²) in [6.07, 6.45) is 1.10. The second kappa shape index (κ2) is 12.6. The van der Waals surface area contributed by atoms with Gasteiger partial charge >= 0.3 is 0 Å². The van der Waals surface area contributed by atoms with Crippen molar-refractivity contribution in [3.05, 3.63) is 40.3 Å². The van der Waals surface area contributed by atoms with E-state index in [-0.39, 0.29) is 36.6 Å². The quantitative estimate of drug-likeness (QED) is 0.593. The van der Waals surface area contributed by atoms with E-state index >= 15 is 0 Å². The Hall–Kier alpha value is -1.71. The van der Waals surface area contributed by atoms with Crippen molar-refractivity contribution in [3.63, 3.8) is 0 Å². The number of hydrogen-bond donors (Lipinski definition) is 3. The van der Waals surface area contributed by atoms with E-state index < -0.39 is 0 Å². The van der Waals surface area contributed by atoms with Gasteiger partial charge in [0.05, 0.1) is 5.01 Å². The second-order valence-electron chi connectivity index (χ2n) is 5.80. The van der Waals surface area contributed by atoms with E-state index in [4.69, 9.17) is 5.73 Å². The number of halogens is 2. The predicted octanol–water partition coefficient (Wildman–Crippen LogP) is 2.63. The van der Waals surface area contributed by atoms with E-state index in [0.717, 1.165) is 5.01 Å². The molecule has 0 saturated carbocycles. The van der Waals surface area contributed by atoms with Crippen LogP contribution >= 0.6 is 36.2 Å². The summed E-state index contributed by atoms with van der Waals surface area (Å²) in [5.41, 5.74) is 7.21. The average Bonchev–Trinajstić information content (AvgIpc) is 3.04. The minimum Gasteiger partial charge on any atom is -0.330 e. The maximum absolute atomic E-state index is 12.2. The van der Waals surface area contributed by atoms with E-state index in [1.54, 1.807) is 29.6 Å². The van der Waals surface area contributed by atoms with E-state index in [0.29, 0.717) is 43.0 Å². The third-order valence-corrected chi connectivity index (χ3v) is 4.26. The maximum atomic E-state index is 12.2. The molecular weight excluding hydrogens is 409 g/mol. The topological polar surface area (TPSA) is 100 Å². The Balaban J connectivity index is 0.00000338. The number of carbonyl (C=O) groups excluding carboxylic acids is 2. The second-order valence-corrected chi connectivity index (χ2v) is 6.74. The molecule has 2 rings (SSSR count). The van der Waals surface area contributed by atoms with Crippen molar-refractivity contribution in [3.8, 4) is 0 Å². The number of rotatable bonds is 8. The zero-order valence-corrected chi connectivity index (χ0v) is 17.7. The highest BCUT2D eigenvalue weighted by atomic mass is 35.5. The summed E-state index contributed by atoms with van der Waals surface area (Å²) in [4.78, 5) is 30.2. The number of nitrogens with two attached hydrogens (primary N) is 1. The van der Waals surface area contributed by atoms with Gasteiger partial charge in [0.25, 0.3) is 5.91 Å². The summed E-state index contributed by atoms with van der Waals surface area (Å²) < 4.78 is 0. The van der Waals surface area contributed by atoms with E-state index in [1.165, 1.54) is 11.3 Å². The number of nitrogens with zero attached hydrogens (tertiary/aromatic N) is 2. The minimum atomic E-state index is -0.262. The average molecular weight is 434 g/mol. The first-order valence-corrected chi connectivity index (χ1v) is 8.86. The molecule has 2 amide bonds. The van der Waals surface area contributed by atoms with Crippen LogP contribution in [0.25, 0.3) is 0 Å². The Morgan fingerprint density at radius 1 is 1.11 bits per heavy atom. The fourth-order valence-corrected chi connectivity index (χ4v) is 2.83. The number of benzene rings is 1. The molecule has 1 heterocycles. The zero-order chi connectivity index (χ0) is 18.2. The van der Waals surface area contributed by atoms with Crippen LogP contribution in [-0.2, 0) is 11.2 Å². The summed E-state index contributed by atoms with van der Waals surface area (Å²) in [5, 5.41) is 8.19. The molecule has 0 aliphatic rings. The van der Waals surface area contributed by atoms with Crippen LogP contribution in [0.15, 0.2) is 29.6 Å². The lowest BCUT2D eigenvalue weighted by atomic mass is 10.2. The lowest BCUT2D eigenvalue weighted by molar-refractivity contribution is -0.116. The Bertz CT molecular complexity index is 722. The van der Waals surface area contributed by atoms with Crippen molar-refractivity contribution in [2.45, 2.75) is 12.8 Å². The first-order valence-electron chi connectivity index (χ1n) is 7.98. The van der Waals surface area contributed by atoms with Crippen LogP contribution in [0.4, 0.5) is 11.4 Å². The number of amides is 2. The summed E-state index contributed by atoms with van der Waals surface area (Å²) in [6.45, 7) is 1.20. The molecule has 27 heavy (non-hydrogen) atoms. The van der Waals surface area contributed by atoms with Crippen LogP contribution in [0.1, 0.15) is 21.9 Å². The molecule has 10 heteroatoms. The molecule has 1 aromatic heterocycles. The number of anilines is 2. The number of hydrogen-bond acceptors (Lipinski definition) is 6. The molecule has 0 unspecified atom stereocenters. The van der Waals surface area contributed by atoms with Gasteiger partial charge in [-0.1, -0.05) is 0 Å². The normalized spacial score (nSPS) is 9.93. The summed E-state index contributed by atoms with van der Waals surface area (Å²) in [7, 11) is 3.85. The Kier molecular flexibility index (Phi) is 11.8. The maximum Gasteiger partial charge on any atom is 0.275 e.